The molecule has 2 unspecified atom stereocenters. The van der Waals surface area contributed by atoms with Gasteiger partial charge in [-0.15, -0.1) is 10.2 Å². The average Bonchev–Trinajstić information content (AvgIpc) is 3.01. The fourth-order valence-corrected chi connectivity index (χ4v) is 4.26. The molecule has 118 valence electrons. The van der Waals surface area contributed by atoms with Gasteiger partial charge in [-0.05, 0) is 37.5 Å². The van der Waals surface area contributed by atoms with Crippen molar-refractivity contribution < 1.29 is 4.79 Å². The third-order valence-electron chi connectivity index (χ3n) is 6.00. The van der Waals surface area contributed by atoms with Gasteiger partial charge in [-0.3, -0.25) is 9.69 Å². The van der Waals surface area contributed by atoms with Gasteiger partial charge >= 0.3 is 0 Å². The third kappa shape index (κ3) is 2.07. The lowest BCUT2D eigenvalue weighted by atomic mass is 9.89. The van der Waals surface area contributed by atoms with Crippen molar-refractivity contribution in [3.63, 3.8) is 0 Å². The van der Waals surface area contributed by atoms with Crippen molar-refractivity contribution in [2.75, 3.05) is 13.1 Å². The molecule has 0 bridgehead atoms. The summed E-state index contributed by atoms with van der Waals surface area (Å²) in [5, 5.41) is 11.5. The van der Waals surface area contributed by atoms with Crippen molar-refractivity contribution in [2.45, 2.75) is 57.2 Å². The molecule has 4 aliphatic rings. The first-order chi connectivity index (χ1) is 10.8. The number of nitrogens with zero attached hydrogens (tertiary/aromatic N) is 4. The Bertz CT molecular complexity index is 604. The fourth-order valence-electron chi connectivity index (χ4n) is 4.26. The SMILES string of the molecule is O=C(NC1CC1)c1nnc2n1CC1CN(C3CCC3)CC1C2. The summed E-state index contributed by atoms with van der Waals surface area (Å²) in [5.41, 5.74) is 0. The Morgan fingerprint density at radius 2 is 1.86 bits per heavy atom. The van der Waals surface area contributed by atoms with Gasteiger partial charge in [-0.25, -0.2) is 0 Å². The molecule has 2 aliphatic carbocycles. The van der Waals surface area contributed by atoms with Crippen LogP contribution in [0.1, 0.15) is 48.5 Å². The molecule has 1 N–H and O–H groups in total. The van der Waals surface area contributed by atoms with Crippen LogP contribution in [0.2, 0.25) is 0 Å². The maximum Gasteiger partial charge on any atom is 0.289 e. The highest BCUT2D eigenvalue weighted by molar-refractivity contribution is 5.91. The minimum atomic E-state index is -0.0338. The molecule has 2 atom stereocenters. The van der Waals surface area contributed by atoms with Gasteiger partial charge in [-0.2, -0.15) is 0 Å². The number of aromatic nitrogens is 3. The third-order valence-corrected chi connectivity index (χ3v) is 6.00. The van der Waals surface area contributed by atoms with Crippen LogP contribution >= 0.6 is 0 Å². The molecule has 3 heterocycles. The van der Waals surface area contributed by atoms with E-state index in [0.29, 0.717) is 23.7 Å². The number of amides is 1. The van der Waals surface area contributed by atoms with E-state index in [4.69, 9.17) is 0 Å². The van der Waals surface area contributed by atoms with Gasteiger partial charge in [0.1, 0.15) is 5.82 Å². The summed E-state index contributed by atoms with van der Waals surface area (Å²) in [6.45, 7) is 3.33. The molecule has 1 aromatic rings. The summed E-state index contributed by atoms with van der Waals surface area (Å²) >= 11 is 0. The number of rotatable bonds is 3. The van der Waals surface area contributed by atoms with Crippen molar-refractivity contribution >= 4 is 5.91 Å². The number of fused-ring (bicyclic) bond motifs is 2. The Labute approximate surface area is 130 Å². The van der Waals surface area contributed by atoms with E-state index >= 15 is 0 Å². The highest BCUT2D eigenvalue weighted by Gasteiger charge is 2.42. The summed E-state index contributed by atoms with van der Waals surface area (Å²) < 4.78 is 2.09. The van der Waals surface area contributed by atoms with Crippen LogP contribution < -0.4 is 5.32 Å². The molecule has 1 saturated heterocycles. The molecule has 2 saturated carbocycles. The second kappa shape index (κ2) is 4.78. The molecular formula is C16H23N5O. The molecule has 6 nitrogen and oxygen atoms in total. The van der Waals surface area contributed by atoms with Gasteiger partial charge in [-0.1, -0.05) is 6.42 Å². The van der Waals surface area contributed by atoms with Crippen LogP contribution in [-0.2, 0) is 13.0 Å². The quantitative estimate of drug-likeness (QED) is 0.898. The Morgan fingerprint density at radius 1 is 1.05 bits per heavy atom. The Kier molecular flexibility index (Phi) is 2.84. The number of nitrogens with one attached hydrogen (secondary N) is 1. The zero-order valence-electron chi connectivity index (χ0n) is 12.9. The smallest absolute Gasteiger partial charge is 0.289 e. The monoisotopic (exact) mass is 301 g/mol. The highest BCUT2D eigenvalue weighted by atomic mass is 16.2. The normalized spacial score (nSPS) is 31.5. The van der Waals surface area contributed by atoms with Crippen LogP contribution in [0.15, 0.2) is 0 Å². The molecule has 0 radical (unpaired) electrons. The van der Waals surface area contributed by atoms with Gasteiger partial charge in [0.25, 0.3) is 5.91 Å². The summed E-state index contributed by atoms with van der Waals surface area (Å²) in [7, 11) is 0. The molecule has 3 fully saturated rings. The van der Waals surface area contributed by atoms with Crippen molar-refractivity contribution in [1.82, 2.24) is 25.0 Å². The van der Waals surface area contributed by atoms with E-state index in [1.807, 2.05) is 0 Å². The van der Waals surface area contributed by atoms with E-state index in [-0.39, 0.29) is 5.91 Å². The Hall–Kier alpha value is -1.43. The van der Waals surface area contributed by atoms with E-state index in [2.05, 4.69) is 25.0 Å². The molecular weight excluding hydrogens is 278 g/mol. The van der Waals surface area contributed by atoms with E-state index < -0.39 is 0 Å². The highest BCUT2D eigenvalue weighted by Crippen LogP contribution is 2.37. The average molecular weight is 301 g/mol. The Balaban J connectivity index is 1.33. The summed E-state index contributed by atoms with van der Waals surface area (Å²) in [4.78, 5) is 15.0. The zero-order valence-corrected chi connectivity index (χ0v) is 12.9. The van der Waals surface area contributed by atoms with Gasteiger partial charge in [0.15, 0.2) is 0 Å². The first-order valence-corrected chi connectivity index (χ1v) is 8.75. The lowest BCUT2D eigenvalue weighted by molar-refractivity contribution is 0.0932. The second-order valence-corrected chi connectivity index (χ2v) is 7.56. The maximum atomic E-state index is 12.3. The number of carbonyl (C=O) groups excluding carboxylic acids is 1. The minimum Gasteiger partial charge on any atom is -0.347 e. The summed E-state index contributed by atoms with van der Waals surface area (Å²) in [6.07, 6.45) is 7.34. The first kappa shape index (κ1) is 13.0. The van der Waals surface area contributed by atoms with Crippen LogP contribution in [-0.4, -0.2) is 50.7 Å². The lowest BCUT2D eigenvalue weighted by Gasteiger charge is -2.34. The fraction of sp³-hybridized carbons (Fsp3) is 0.812. The van der Waals surface area contributed by atoms with Crippen molar-refractivity contribution in [2.24, 2.45) is 11.8 Å². The molecule has 2 aliphatic heterocycles. The van der Waals surface area contributed by atoms with Gasteiger partial charge in [0, 0.05) is 38.1 Å². The predicted molar refractivity (Wildman–Crippen MR) is 80.4 cm³/mol. The number of hydrogen-bond donors (Lipinski definition) is 1. The number of carbonyl (C=O) groups is 1. The molecule has 1 amide bonds. The molecule has 0 spiro atoms. The van der Waals surface area contributed by atoms with Gasteiger partial charge in [0.05, 0.1) is 0 Å². The second-order valence-electron chi connectivity index (χ2n) is 7.56. The summed E-state index contributed by atoms with van der Waals surface area (Å²) in [5.74, 6) is 2.88. The zero-order chi connectivity index (χ0) is 14.7. The minimum absolute atomic E-state index is 0.0338. The number of hydrogen-bond acceptors (Lipinski definition) is 4. The van der Waals surface area contributed by atoms with Crippen molar-refractivity contribution in [1.29, 1.82) is 0 Å². The van der Waals surface area contributed by atoms with E-state index in [1.54, 1.807) is 0 Å². The van der Waals surface area contributed by atoms with Crippen molar-refractivity contribution in [3.8, 4) is 0 Å². The molecule has 22 heavy (non-hydrogen) atoms. The van der Waals surface area contributed by atoms with Crippen LogP contribution in [0.4, 0.5) is 0 Å². The largest absolute Gasteiger partial charge is 0.347 e. The van der Waals surface area contributed by atoms with Gasteiger partial charge < -0.3 is 9.88 Å². The first-order valence-electron chi connectivity index (χ1n) is 8.75. The molecule has 0 aromatic carbocycles. The van der Waals surface area contributed by atoms with E-state index in [9.17, 15) is 4.79 Å². The van der Waals surface area contributed by atoms with Crippen LogP contribution in [0.3, 0.4) is 0 Å². The lowest BCUT2D eigenvalue weighted by Crippen LogP contribution is -2.38. The van der Waals surface area contributed by atoms with E-state index in [1.165, 1.54) is 32.4 Å². The van der Waals surface area contributed by atoms with E-state index in [0.717, 1.165) is 37.7 Å². The Morgan fingerprint density at radius 3 is 2.59 bits per heavy atom. The topological polar surface area (TPSA) is 63.1 Å². The number of likely N-dealkylation sites (tertiary alicyclic amines) is 1. The van der Waals surface area contributed by atoms with Crippen molar-refractivity contribution in [3.05, 3.63) is 11.6 Å². The molecule has 5 rings (SSSR count). The molecule has 6 heteroatoms. The van der Waals surface area contributed by atoms with Gasteiger partial charge in [0.2, 0.25) is 5.82 Å². The maximum absolute atomic E-state index is 12.3. The summed E-state index contributed by atoms with van der Waals surface area (Å²) in [6, 6.07) is 1.20. The van der Waals surface area contributed by atoms with Crippen LogP contribution in [0, 0.1) is 11.8 Å². The standard InChI is InChI=1S/C16H23N5O/c22-16(17-12-4-5-12)15-19-18-14-6-10-7-20(13-2-1-3-13)8-11(10)9-21(14)15/h10-13H,1-9H2,(H,17,22). The van der Waals surface area contributed by atoms with Crippen LogP contribution in [0.25, 0.3) is 0 Å². The van der Waals surface area contributed by atoms with Crippen LogP contribution in [0.5, 0.6) is 0 Å². The predicted octanol–water partition coefficient (Wildman–Crippen LogP) is 0.827. The molecule has 1 aromatic heterocycles.